The molecule has 0 aliphatic heterocycles. The van der Waals surface area contributed by atoms with Crippen molar-refractivity contribution in [1.29, 1.82) is 0 Å². The van der Waals surface area contributed by atoms with Crippen molar-refractivity contribution in [3.63, 3.8) is 0 Å². The molecule has 0 aromatic heterocycles. The predicted molar refractivity (Wildman–Crippen MR) is 70.9 cm³/mol. The van der Waals surface area contributed by atoms with Crippen molar-refractivity contribution < 1.29 is 0 Å². The number of hydrogen-bond donors (Lipinski definition) is 0. The molecule has 0 nitrogen and oxygen atoms in total. The molecular formula is C15H31+. The molecular weight excluding hydrogens is 180 g/mol. The molecule has 0 spiro atoms. The standard InChI is InChI=1S/C15H31/c1-6-10-14(8-3)12-13(5)15(9-4)11-7-2/h14-15H,6-12H2,1-5H3/q+1. The number of rotatable bonds is 9. The second kappa shape index (κ2) is 9.12. The average molecular weight is 211 g/mol. The molecule has 0 amide bonds. The molecule has 2 unspecified atom stereocenters. The van der Waals surface area contributed by atoms with Crippen molar-refractivity contribution in [3.8, 4) is 0 Å². The lowest BCUT2D eigenvalue weighted by molar-refractivity contribution is 0.377. The second-order valence-corrected chi connectivity index (χ2v) is 5.01. The zero-order valence-corrected chi connectivity index (χ0v) is 11.6. The molecule has 0 aliphatic rings. The van der Waals surface area contributed by atoms with Gasteiger partial charge in [-0.2, -0.15) is 0 Å². The summed E-state index contributed by atoms with van der Waals surface area (Å²) in [6.45, 7) is 11.7. The van der Waals surface area contributed by atoms with Crippen molar-refractivity contribution in [2.24, 2.45) is 11.8 Å². The monoisotopic (exact) mass is 211 g/mol. The van der Waals surface area contributed by atoms with Gasteiger partial charge in [-0.15, -0.1) is 0 Å². The van der Waals surface area contributed by atoms with Crippen LogP contribution >= 0.6 is 0 Å². The van der Waals surface area contributed by atoms with Crippen LogP contribution in [0.1, 0.15) is 79.6 Å². The lowest BCUT2D eigenvalue weighted by atomic mass is 9.80. The lowest BCUT2D eigenvalue weighted by Crippen LogP contribution is -2.13. The minimum atomic E-state index is 0.890. The van der Waals surface area contributed by atoms with Gasteiger partial charge in [0.25, 0.3) is 0 Å². The Balaban J connectivity index is 3.99. The molecule has 0 saturated heterocycles. The average Bonchev–Trinajstić information content (AvgIpc) is 2.24. The first-order valence-electron chi connectivity index (χ1n) is 7.01. The first-order chi connectivity index (χ1) is 7.19. The van der Waals surface area contributed by atoms with Gasteiger partial charge in [-0.1, -0.05) is 40.5 Å². The summed E-state index contributed by atoms with van der Waals surface area (Å²) < 4.78 is 0. The van der Waals surface area contributed by atoms with Crippen LogP contribution < -0.4 is 0 Å². The molecule has 0 fully saturated rings. The smallest absolute Gasteiger partial charge is 0.0654 e. The van der Waals surface area contributed by atoms with Gasteiger partial charge in [0.2, 0.25) is 0 Å². The SMILES string of the molecule is CCCC(CC)C[C+](C)C(CC)CCC. The first kappa shape index (κ1) is 14.9. The molecule has 2 atom stereocenters. The summed E-state index contributed by atoms with van der Waals surface area (Å²) in [7, 11) is 0. The van der Waals surface area contributed by atoms with Gasteiger partial charge in [-0.25, -0.2) is 0 Å². The fourth-order valence-electron chi connectivity index (χ4n) is 2.63. The van der Waals surface area contributed by atoms with Crippen molar-refractivity contribution in [2.45, 2.75) is 79.6 Å². The van der Waals surface area contributed by atoms with Crippen LogP contribution in [0.15, 0.2) is 0 Å². The molecule has 0 heterocycles. The molecule has 0 bridgehead atoms. The molecule has 90 valence electrons. The topological polar surface area (TPSA) is 0 Å². The van der Waals surface area contributed by atoms with E-state index in [9.17, 15) is 0 Å². The Hall–Kier alpha value is -0.130. The van der Waals surface area contributed by atoms with Gasteiger partial charge < -0.3 is 0 Å². The summed E-state index contributed by atoms with van der Waals surface area (Å²) in [6.07, 6.45) is 9.55. The quantitative estimate of drug-likeness (QED) is 0.434. The molecule has 0 rings (SSSR count). The predicted octanol–water partition coefficient (Wildman–Crippen LogP) is 5.62. The van der Waals surface area contributed by atoms with Gasteiger partial charge >= 0.3 is 0 Å². The van der Waals surface area contributed by atoms with Gasteiger partial charge in [0.15, 0.2) is 0 Å². The normalized spacial score (nSPS) is 15.0. The van der Waals surface area contributed by atoms with Crippen LogP contribution in [0.4, 0.5) is 0 Å². The van der Waals surface area contributed by atoms with Crippen LogP contribution in [0.3, 0.4) is 0 Å². The molecule has 0 aromatic rings. The second-order valence-electron chi connectivity index (χ2n) is 5.01. The van der Waals surface area contributed by atoms with Crippen LogP contribution in [0.25, 0.3) is 0 Å². The van der Waals surface area contributed by atoms with Crippen molar-refractivity contribution >= 4 is 0 Å². The summed E-state index contributed by atoms with van der Waals surface area (Å²) in [4.78, 5) is 0. The van der Waals surface area contributed by atoms with E-state index in [1.165, 1.54) is 44.9 Å². The summed E-state index contributed by atoms with van der Waals surface area (Å²) in [5.41, 5.74) is 0. The minimum absolute atomic E-state index is 0.890. The van der Waals surface area contributed by atoms with Gasteiger partial charge in [-0.3, -0.25) is 0 Å². The minimum Gasteiger partial charge on any atom is -0.0654 e. The maximum Gasteiger partial charge on any atom is 0.0996 e. The Bertz CT molecular complexity index is 128. The summed E-state index contributed by atoms with van der Waals surface area (Å²) in [6, 6.07) is 0. The Morgan fingerprint density at radius 1 is 0.867 bits per heavy atom. The fraction of sp³-hybridized carbons (Fsp3) is 0.933. The van der Waals surface area contributed by atoms with Crippen molar-refractivity contribution in [3.05, 3.63) is 5.92 Å². The van der Waals surface area contributed by atoms with Gasteiger partial charge in [0.1, 0.15) is 0 Å². The summed E-state index contributed by atoms with van der Waals surface area (Å²) in [5.74, 6) is 3.60. The van der Waals surface area contributed by atoms with Crippen LogP contribution in [0.2, 0.25) is 0 Å². The molecule has 15 heavy (non-hydrogen) atoms. The van der Waals surface area contributed by atoms with E-state index in [1.54, 1.807) is 5.92 Å². The van der Waals surface area contributed by atoms with E-state index >= 15 is 0 Å². The van der Waals surface area contributed by atoms with E-state index in [1.807, 2.05) is 0 Å². The van der Waals surface area contributed by atoms with E-state index in [0.717, 1.165) is 11.8 Å². The van der Waals surface area contributed by atoms with Gasteiger partial charge in [-0.05, 0) is 31.6 Å². The summed E-state index contributed by atoms with van der Waals surface area (Å²) >= 11 is 0. The van der Waals surface area contributed by atoms with Gasteiger partial charge in [0.05, 0.1) is 25.2 Å². The summed E-state index contributed by atoms with van der Waals surface area (Å²) in [5, 5.41) is 0. The highest BCUT2D eigenvalue weighted by Crippen LogP contribution is 2.31. The molecule has 0 aromatic carbocycles. The third-order valence-electron chi connectivity index (χ3n) is 3.71. The largest absolute Gasteiger partial charge is 0.0996 e. The van der Waals surface area contributed by atoms with E-state index in [4.69, 9.17) is 0 Å². The molecule has 0 radical (unpaired) electrons. The lowest BCUT2D eigenvalue weighted by Gasteiger charge is -2.17. The van der Waals surface area contributed by atoms with E-state index in [-0.39, 0.29) is 0 Å². The molecule has 0 heteroatoms. The molecule has 0 saturated carbocycles. The highest BCUT2D eigenvalue weighted by molar-refractivity contribution is 4.92. The Kier molecular flexibility index (Phi) is 9.04. The van der Waals surface area contributed by atoms with E-state index in [0.29, 0.717) is 0 Å². The molecule has 0 aliphatic carbocycles. The molecule has 0 N–H and O–H groups in total. The first-order valence-corrected chi connectivity index (χ1v) is 7.01. The van der Waals surface area contributed by atoms with Crippen molar-refractivity contribution in [1.82, 2.24) is 0 Å². The third kappa shape index (κ3) is 6.12. The highest BCUT2D eigenvalue weighted by atomic mass is 14.2. The Labute approximate surface area is 97.8 Å². The maximum absolute atomic E-state index is 2.39. The third-order valence-corrected chi connectivity index (χ3v) is 3.71. The highest BCUT2D eigenvalue weighted by Gasteiger charge is 2.27. The van der Waals surface area contributed by atoms with E-state index in [2.05, 4.69) is 34.6 Å². The zero-order chi connectivity index (χ0) is 11.7. The van der Waals surface area contributed by atoms with Crippen LogP contribution in [0.5, 0.6) is 0 Å². The fourth-order valence-corrected chi connectivity index (χ4v) is 2.63. The van der Waals surface area contributed by atoms with Crippen LogP contribution in [-0.4, -0.2) is 0 Å². The maximum atomic E-state index is 2.39. The van der Waals surface area contributed by atoms with Crippen LogP contribution in [0, 0.1) is 17.8 Å². The van der Waals surface area contributed by atoms with Crippen molar-refractivity contribution in [2.75, 3.05) is 0 Å². The van der Waals surface area contributed by atoms with Gasteiger partial charge in [0, 0.05) is 0 Å². The Morgan fingerprint density at radius 2 is 1.47 bits per heavy atom. The number of hydrogen-bond acceptors (Lipinski definition) is 0. The van der Waals surface area contributed by atoms with E-state index < -0.39 is 0 Å². The Morgan fingerprint density at radius 3 is 1.87 bits per heavy atom. The zero-order valence-electron chi connectivity index (χ0n) is 11.6. The van der Waals surface area contributed by atoms with Crippen LogP contribution in [-0.2, 0) is 0 Å².